The van der Waals surface area contributed by atoms with Crippen LogP contribution in [0.4, 0.5) is 0 Å². The van der Waals surface area contributed by atoms with Crippen LogP contribution in [0.2, 0.25) is 0 Å². The lowest BCUT2D eigenvalue weighted by Gasteiger charge is -2.43. The van der Waals surface area contributed by atoms with Crippen LogP contribution in [0.25, 0.3) is 0 Å². The normalized spacial score (nSPS) is 28.4. The Balaban J connectivity index is 1.88. The first-order valence-corrected chi connectivity index (χ1v) is 8.26. The first kappa shape index (κ1) is 15.3. The van der Waals surface area contributed by atoms with Crippen molar-refractivity contribution in [3.8, 4) is 0 Å². The summed E-state index contributed by atoms with van der Waals surface area (Å²) in [5, 5.41) is 12.6. The van der Waals surface area contributed by atoms with Gasteiger partial charge in [0.25, 0.3) is 0 Å². The Morgan fingerprint density at radius 3 is 2.68 bits per heavy atom. The standard InChI is InChI=1S/C16H32N2O/c1-17-13-16(8-3-2-4-9-16)14-18-10-5-6-15(12-18)7-11-19/h15,17,19H,2-14H2,1H3. The van der Waals surface area contributed by atoms with Gasteiger partial charge < -0.3 is 15.3 Å². The molecular weight excluding hydrogens is 236 g/mol. The van der Waals surface area contributed by atoms with Crippen molar-refractivity contribution in [1.82, 2.24) is 10.2 Å². The molecule has 3 heteroatoms. The van der Waals surface area contributed by atoms with E-state index in [1.807, 2.05) is 0 Å². The van der Waals surface area contributed by atoms with Crippen LogP contribution < -0.4 is 5.32 Å². The van der Waals surface area contributed by atoms with E-state index in [1.165, 1.54) is 71.1 Å². The number of likely N-dealkylation sites (tertiary alicyclic amines) is 1. The van der Waals surface area contributed by atoms with E-state index in [2.05, 4.69) is 17.3 Å². The molecular formula is C16H32N2O. The highest BCUT2D eigenvalue weighted by atomic mass is 16.3. The van der Waals surface area contributed by atoms with E-state index in [0.29, 0.717) is 12.0 Å². The summed E-state index contributed by atoms with van der Waals surface area (Å²) >= 11 is 0. The predicted molar refractivity (Wildman–Crippen MR) is 80.3 cm³/mol. The molecule has 1 heterocycles. The Labute approximate surface area is 118 Å². The molecule has 2 N–H and O–H groups in total. The molecule has 2 rings (SSSR count). The van der Waals surface area contributed by atoms with Crippen molar-refractivity contribution >= 4 is 0 Å². The minimum atomic E-state index is 0.361. The summed E-state index contributed by atoms with van der Waals surface area (Å²) in [6, 6.07) is 0. The summed E-state index contributed by atoms with van der Waals surface area (Å²) in [5.41, 5.74) is 0.522. The SMILES string of the molecule is CNCC1(CN2CCCC(CCO)C2)CCCCC1. The first-order valence-electron chi connectivity index (χ1n) is 8.26. The number of hydrogen-bond donors (Lipinski definition) is 2. The number of nitrogens with zero attached hydrogens (tertiary/aromatic N) is 1. The van der Waals surface area contributed by atoms with Gasteiger partial charge in [-0.15, -0.1) is 0 Å². The van der Waals surface area contributed by atoms with Gasteiger partial charge in [0, 0.05) is 26.2 Å². The maximum absolute atomic E-state index is 9.13. The molecule has 1 aliphatic heterocycles. The molecule has 0 amide bonds. The topological polar surface area (TPSA) is 35.5 Å². The quantitative estimate of drug-likeness (QED) is 0.775. The zero-order valence-electron chi connectivity index (χ0n) is 12.7. The van der Waals surface area contributed by atoms with Crippen molar-refractivity contribution in [2.75, 3.05) is 39.8 Å². The Morgan fingerprint density at radius 2 is 2.00 bits per heavy atom. The molecule has 3 nitrogen and oxygen atoms in total. The lowest BCUT2D eigenvalue weighted by atomic mass is 9.73. The van der Waals surface area contributed by atoms with Crippen molar-refractivity contribution in [3.05, 3.63) is 0 Å². The third kappa shape index (κ3) is 4.44. The highest BCUT2D eigenvalue weighted by molar-refractivity contribution is 4.89. The maximum Gasteiger partial charge on any atom is 0.0434 e. The molecule has 0 aromatic carbocycles. The molecule has 2 aliphatic rings. The molecule has 1 atom stereocenters. The van der Waals surface area contributed by atoms with Crippen LogP contribution in [0.15, 0.2) is 0 Å². The highest BCUT2D eigenvalue weighted by Gasteiger charge is 2.34. The van der Waals surface area contributed by atoms with Crippen molar-refractivity contribution in [2.45, 2.75) is 51.4 Å². The number of hydrogen-bond acceptors (Lipinski definition) is 3. The van der Waals surface area contributed by atoms with E-state index in [9.17, 15) is 0 Å². The van der Waals surface area contributed by atoms with Crippen molar-refractivity contribution in [2.24, 2.45) is 11.3 Å². The molecule has 1 unspecified atom stereocenters. The van der Waals surface area contributed by atoms with E-state index < -0.39 is 0 Å². The molecule has 0 radical (unpaired) electrons. The fraction of sp³-hybridized carbons (Fsp3) is 1.00. The van der Waals surface area contributed by atoms with Gasteiger partial charge in [0.15, 0.2) is 0 Å². The second-order valence-electron chi connectivity index (χ2n) is 6.85. The third-order valence-corrected chi connectivity index (χ3v) is 5.17. The average Bonchev–Trinajstić information content (AvgIpc) is 2.41. The van der Waals surface area contributed by atoms with E-state index in [-0.39, 0.29) is 0 Å². The lowest BCUT2D eigenvalue weighted by Crippen LogP contribution is -2.47. The Morgan fingerprint density at radius 1 is 1.21 bits per heavy atom. The van der Waals surface area contributed by atoms with Gasteiger partial charge >= 0.3 is 0 Å². The summed E-state index contributed by atoms with van der Waals surface area (Å²) in [6.45, 7) is 5.30. The number of rotatable bonds is 6. The smallest absolute Gasteiger partial charge is 0.0434 e. The predicted octanol–water partition coefficient (Wildman–Crippen LogP) is 2.25. The second-order valence-corrected chi connectivity index (χ2v) is 6.85. The summed E-state index contributed by atoms with van der Waals surface area (Å²) in [6.07, 6.45) is 10.7. The van der Waals surface area contributed by atoms with Crippen LogP contribution in [-0.2, 0) is 0 Å². The van der Waals surface area contributed by atoms with Crippen LogP contribution in [0.5, 0.6) is 0 Å². The van der Waals surface area contributed by atoms with Crippen LogP contribution in [0, 0.1) is 11.3 Å². The van der Waals surface area contributed by atoms with Crippen LogP contribution in [0.1, 0.15) is 51.4 Å². The molecule has 0 aromatic heterocycles. The van der Waals surface area contributed by atoms with Gasteiger partial charge in [-0.25, -0.2) is 0 Å². The zero-order chi connectivity index (χ0) is 13.6. The summed E-state index contributed by atoms with van der Waals surface area (Å²) < 4.78 is 0. The molecule has 1 saturated carbocycles. The zero-order valence-corrected chi connectivity index (χ0v) is 12.7. The average molecular weight is 268 g/mol. The Hall–Kier alpha value is -0.120. The van der Waals surface area contributed by atoms with Gasteiger partial charge in [0.1, 0.15) is 0 Å². The van der Waals surface area contributed by atoms with Crippen LogP contribution >= 0.6 is 0 Å². The molecule has 2 fully saturated rings. The molecule has 1 aliphatic carbocycles. The molecule has 0 aromatic rings. The fourth-order valence-corrected chi connectivity index (χ4v) is 4.26. The minimum Gasteiger partial charge on any atom is -0.396 e. The maximum atomic E-state index is 9.13. The van der Waals surface area contributed by atoms with Crippen molar-refractivity contribution in [1.29, 1.82) is 0 Å². The molecule has 19 heavy (non-hydrogen) atoms. The first-order chi connectivity index (χ1) is 9.28. The molecule has 1 saturated heterocycles. The van der Waals surface area contributed by atoms with Gasteiger partial charge in [0.2, 0.25) is 0 Å². The third-order valence-electron chi connectivity index (χ3n) is 5.17. The van der Waals surface area contributed by atoms with E-state index >= 15 is 0 Å². The Bertz CT molecular complexity index is 244. The summed E-state index contributed by atoms with van der Waals surface area (Å²) in [7, 11) is 2.10. The van der Waals surface area contributed by atoms with Gasteiger partial charge in [-0.2, -0.15) is 0 Å². The van der Waals surface area contributed by atoms with E-state index in [4.69, 9.17) is 5.11 Å². The van der Waals surface area contributed by atoms with Gasteiger partial charge in [-0.3, -0.25) is 0 Å². The number of aliphatic hydroxyl groups excluding tert-OH is 1. The van der Waals surface area contributed by atoms with Gasteiger partial charge in [0.05, 0.1) is 0 Å². The van der Waals surface area contributed by atoms with Gasteiger partial charge in [-0.05, 0) is 57.0 Å². The summed E-state index contributed by atoms with van der Waals surface area (Å²) in [5.74, 6) is 0.731. The van der Waals surface area contributed by atoms with Crippen LogP contribution in [-0.4, -0.2) is 49.8 Å². The van der Waals surface area contributed by atoms with Crippen molar-refractivity contribution in [3.63, 3.8) is 0 Å². The molecule has 112 valence electrons. The summed E-state index contributed by atoms with van der Waals surface area (Å²) in [4.78, 5) is 2.69. The highest BCUT2D eigenvalue weighted by Crippen LogP contribution is 2.37. The largest absolute Gasteiger partial charge is 0.396 e. The number of piperidine rings is 1. The van der Waals surface area contributed by atoms with Gasteiger partial charge in [-0.1, -0.05) is 19.3 Å². The lowest BCUT2D eigenvalue weighted by molar-refractivity contribution is 0.0681. The minimum absolute atomic E-state index is 0.361. The van der Waals surface area contributed by atoms with E-state index in [1.54, 1.807) is 0 Å². The number of aliphatic hydroxyl groups is 1. The van der Waals surface area contributed by atoms with Crippen molar-refractivity contribution < 1.29 is 5.11 Å². The Kier molecular flexibility index (Phi) is 6.11. The number of nitrogens with one attached hydrogen (secondary N) is 1. The molecule has 0 bridgehead atoms. The van der Waals surface area contributed by atoms with E-state index in [0.717, 1.165) is 12.3 Å². The second kappa shape index (κ2) is 7.61. The monoisotopic (exact) mass is 268 g/mol. The van der Waals surface area contributed by atoms with Crippen LogP contribution in [0.3, 0.4) is 0 Å². The molecule has 0 spiro atoms. The fourth-order valence-electron chi connectivity index (χ4n) is 4.26.